The highest BCUT2D eigenvalue weighted by Gasteiger charge is 2.39. The fourth-order valence-electron chi connectivity index (χ4n) is 4.66. The number of amides is 2. The van der Waals surface area contributed by atoms with E-state index in [-0.39, 0.29) is 43.0 Å². The number of ether oxygens (including phenoxy) is 1. The molecule has 44 heavy (non-hydrogen) atoms. The molecule has 2 aromatic heterocycles. The molecule has 0 saturated carbocycles. The molecule has 3 heterocycles. The Balaban J connectivity index is 1.36. The smallest absolute Gasteiger partial charge is 0.420 e. The summed E-state index contributed by atoms with van der Waals surface area (Å²) < 4.78 is 63.2. The van der Waals surface area contributed by atoms with Crippen LogP contribution in [0.5, 0.6) is 0 Å². The van der Waals surface area contributed by atoms with Crippen LogP contribution >= 0.6 is 0 Å². The van der Waals surface area contributed by atoms with Gasteiger partial charge in [-0.1, -0.05) is 17.9 Å². The second-order valence-electron chi connectivity index (χ2n) is 11.0. The van der Waals surface area contributed by atoms with Crippen molar-refractivity contribution in [3.8, 4) is 11.8 Å². The number of benzene rings is 2. The largest absolute Gasteiger partial charge is 0.444 e. The van der Waals surface area contributed by atoms with Crippen LogP contribution in [0, 0.1) is 17.7 Å². The van der Waals surface area contributed by atoms with Gasteiger partial charge in [0.25, 0.3) is 5.91 Å². The zero-order chi connectivity index (χ0) is 31.6. The molecule has 0 spiro atoms. The van der Waals surface area contributed by atoms with Gasteiger partial charge in [-0.25, -0.2) is 19.2 Å². The molecule has 0 bridgehead atoms. The van der Waals surface area contributed by atoms with Crippen molar-refractivity contribution in [1.82, 2.24) is 19.9 Å². The van der Waals surface area contributed by atoms with Crippen LogP contribution in [0.1, 0.15) is 47.8 Å². The molecular formula is C31H28F4N6O3. The quantitative estimate of drug-likeness (QED) is 0.224. The number of aromatic amines is 1. The van der Waals surface area contributed by atoms with Crippen molar-refractivity contribution >= 4 is 34.5 Å². The van der Waals surface area contributed by atoms with Crippen molar-refractivity contribution in [3.05, 3.63) is 83.1 Å². The number of hydrogen-bond acceptors (Lipinski definition) is 6. The molecule has 0 unspecified atom stereocenters. The van der Waals surface area contributed by atoms with Gasteiger partial charge in [0.1, 0.15) is 17.0 Å². The maximum absolute atomic E-state index is 14.6. The van der Waals surface area contributed by atoms with E-state index in [1.165, 1.54) is 46.6 Å². The first-order valence-electron chi connectivity index (χ1n) is 13.6. The van der Waals surface area contributed by atoms with Crippen molar-refractivity contribution < 1.29 is 31.9 Å². The Kier molecular flexibility index (Phi) is 8.19. The molecule has 9 nitrogen and oxygen atoms in total. The molecule has 1 fully saturated rings. The van der Waals surface area contributed by atoms with E-state index in [2.05, 4.69) is 32.1 Å². The average molecular weight is 609 g/mol. The third-order valence-corrected chi connectivity index (χ3v) is 6.69. The number of anilines is 2. The van der Waals surface area contributed by atoms with E-state index < -0.39 is 40.8 Å². The molecule has 0 aliphatic carbocycles. The Bertz CT molecular complexity index is 1780. The highest BCUT2D eigenvalue weighted by Crippen LogP contribution is 2.42. The van der Waals surface area contributed by atoms with Crippen LogP contribution < -0.4 is 10.2 Å². The van der Waals surface area contributed by atoms with E-state index in [1.54, 1.807) is 26.8 Å². The van der Waals surface area contributed by atoms with Crippen molar-refractivity contribution in [2.45, 2.75) is 32.5 Å². The topological polar surface area (TPSA) is 103 Å². The predicted octanol–water partition coefficient (Wildman–Crippen LogP) is 5.83. The Labute approximate surface area is 250 Å². The lowest BCUT2D eigenvalue weighted by atomic mass is 10.1. The van der Waals surface area contributed by atoms with Crippen molar-refractivity contribution in [2.24, 2.45) is 0 Å². The lowest BCUT2D eigenvalue weighted by Gasteiger charge is -2.38. The second kappa shape index (κ2) is 11.9. The summed E-state index contributed by atoms with van der Waals surface area (Å²) in [6.07, 6.45) is -2.41. The number of piperazine rings is 1. The van der Waals surface area contributed by atoms with Gasteiger partial charge in [0, 0.05) is 43.5 Å². The molecule has 0 radical (unpaired) electrons. The van der Waals surface area contributed by atoms with Crippen molar-refractivity contribution in [3.63, 3.8) is 0 Å². The number of carbonyl (C=O) groups excluding carboxylic acids is 2. The number of nitrogens with one attached hydrogen (secondary N) is 2. The molecule has 1 aliphatic rings. The maximum Gasteiger partial charge on any atom is 0.420 e. The molecule has 2 N–H and O–H groups in total. The van der Waals surface area contributed by atoms with Gasteiger partial charge >= 0.3 is 12.3 Å². The lowest BCUT2D eigenvalue weighted by molar-refractivity contribution is -0.136. The first kappa shape index (κ1) is 30.3. The molecule has 1 saturated heterocycles. The number of fused-ring (bicyclic) bond motifs is 1. The Morgan fingerprint density at radius 1 is 1.00 bits per heavy atom. The summed E-state index contributed by atoms with van der Waals surface area (Å²) in [5, 5.41) is 2.34. The molecular weight excluding hydrogens is 580 g/mol. The molecule has 2 amide bonds. The number of hydrogen-bond donors (Lipinski definition) is 2. The molecule has 0 atom stereocenters. The number of rotatable bonds is 3. The minimum absolute atomic E-state index is 0.0812. The predicted molar refractivity (Wildman–Crippen MR) is 156 cm³/mol. The number of halogens is 4. The van der Waals surface area contributed by atoms with E-state index in [1.807, 2.05) is 0 Å². The van der Waals surface area contributed by atoms with Gasteiger partial charge in [0.05, 0.1) is 28.8 Å². The van der Waals surface area contributed by atoms with Crippen LogP contribution in [0.25, 0.3) is 11.2 Å². The SMILES string of the molecule is CC(C)(C)OC(=O)N1CCN(c2cccc(NC(=O)c3ccc(F)c(C#Cc4cnc5nc[nH]c5c4)c3)c2C(F)(F)F)CC1. The zero-order valence-electron chi connectivity index (χ0n) is 24.1. The van der Waals surface area contributed by atoms with Gasteiger partial charge in [-0.2, -0.15) is 13.2 Å². The van der Waals surface area contributed by atoms with E-state index in [9.17, 15) is 27.2 Å². The average Bonchev–Trinajstić information content (AvgIpc) is 3.43. The number of carbonyl (C=O) groups is 2. The standard InChI is InChI=1S/C31H28F4N6O3/c1-30(2,3)44-29(43)41-13-11-40(12-14-41)25-6-4-5-23(26(25)31(33,34)35)39-28(42)21-9-10-22(32)20(16-21)8-7-19-15-24-27(36-17-19)38-18-37-24/h4-6,9-10,15-18H,11-14H2,1-3H3,(H,39,42)(H,36,37,38). The van der Waals surface area contributed by atoms with Crippen LogP contribution in [-0.4, -0.2) is 63.6 Å². The first-order valence-corrected chi connectivity index (χ1v) is 13.6. The van der Waals surface area contributed by atoms with Gasteiger partial charge in [-0.3, -0.25) is 4.79 Å². The zero-order valence-corrected chi connectivity index (χ0v) is 24.1. The highest BCUT2D eigenvalue weighted by atomic mass is 19.4. The summed E-state index contributed by atoms with van der Waals surface area (Å²) in [6.45, 7) is 5.78. The van der Waals surface area contributed by atoms with E-state index >= 15 is 0 Å². The maximum atomic E-state index is 14.6. The molecule has 4 aromatic rings. The van der Waals surface area contributed by atoms with Crippen LogP contribution in [0.4, 0.5) is 33.7 Å². The molecule has 13 heteroatoms. The third-order valence-electron chi connectivity index (χ3n) is 6.69. The molecule has 2 aromatic carbocycles. The number of nitrogens with zero attached hydrogens (tertiary/aromatic N) is 4. The van der Waals surface area contributed by atoms with Gasteiger partial charge < -0.3 is 24.8 Å². The fraction of sp³-hybridized carbons (Fsp3) is 0.290. The van der Waals surface area contributed by atoms with Crippen molar-refractivity contribution in [2.75, 3.05) is 36.4 Å². The van der Waals surface area contributed by atoms with Gasteiger partial charge in [0.15, 0.2) is 5.65 Å². The summed E-state index contributed by atoms with van der Waals surface area (Å²) in [5.41, 5.74) is -0.911. The number of pyridine rings is 1. The summed E-state index contributed by atoms with van der Waals surface area (Å²) in [4.78, 5) is 39.6. The monoisotopic (exact) mass is 608 g/mol. The number of imidazole rings is 1. The number of alkyl halides is 3. The number of aromatic nitrogens is 3. The summed E-state index contributed by atoms with van der Waals surface area (Å²) >= 11 is 0. The molecule has 228 valence electrons. The second-order valence-corrected chi connectivity index (χ2v) is 11.0. The Morgan fingerprint density at radius 2 is 1.75 bits per heavy atom. The minimum Gasteiger partial charge on any atom is -0.444 e. The van der Waals surface area contributed by atoms with Gasteiger partial charge in [-0.05, 0) is 57.2 Å². The van der Waals surface area contributed by atoms with Gasteiger partial charge in [-0.15, -0.1) is 0 Å². The van der Waals surface area contributed by atoms with E-state index in [0.29, 0.717) is 16.7 Å². The molecule has 5 rings (SSSR count). The molecule has 1 aliphatic heterocycles. The van der Waals surface area contributed by atoms with Gasteiger partial charge in [0.2, 0.25) is 0 Å². The van der Waals surface area contributed by atoms with E-state index in [4.69, 9.17) is 4.74 Å². The van der Waals surface area contributed by atoms with Crippen LogP contribution in [0.15, 0.2) is 55.0 Å². The highest BCUT2D eigenvalue weighted by molar-refractivity contribution is 6.05. The first-order chi connectivity index (χ1) is 20.8. The summed E-state index contributed by atoms with van der Waals surface area (Å²) in [5.74, 6) is 3.86. The third kappa shape index (κ3) is 6.91. The van der Waals surface area contributed by atoms with Crippen LogP contribution in [-0.2, 0) is 10.9 Å². The summed E-state index contributed by atoms with van der Waals surface area (Å²) in [7, 11) is 0. The Hall–Kier alpha value is -5.12. The van der Waals surface area contributed by atoms with Crippen LogP contribution in [0.3, 0.4) is 0 Å². The van der Waals surface area contributed by atoms with Crippen LogP contribution in [0.2, 0.25) is 0 Å². The number of H-pyrrole nitrogens is 1. The minimum atomic E-state index is -4.81. The Morgan fingerprint density at radius 3 is 2.45 bits per heavy atom. The summed E-state index contributed by atoms with van der Waals surface area (Å²) in [6, 6.07) is 8.94. The van der Waals surface area contributed by atoms with E-state index in [0.717, 1.165) is 12.1 Å². The fourth-order valence-corrected chi connectivity index (χ4v) is 4.66. The lowest BCUT2D eigenvalue weighted by Crippen LogP contribution is -2.50. The normalized spacial score (nSPS) is 13.8. The van der Waals surface area contributed by atoms with Crippen molar-refractivity contribution in [1.29, 1.82) is 0 Å².